The molecule has 0 saturated carbocycles. The molecule has 8 heteroatoms. The summed E-state index contributed by atoms with van der Waals surface area (Å²) in [4.78, 5) is 17.7. The molecule has 6 nitrogen and oxygen atoms in total. The van der Waals surface area contributed by atoms with Crippen LogP contribution in [0, 0.1) is 0 Å². The number of unbranched alkanes of at least 4 members (excludes halogenated alkanes) is 2. The Morgan fingerprint density at radius 1 is 1.03 bits per heavy atom. The van der Waals surface area contributed by atoms with Crippen molar-refractivity contribution in [2.24, 2.45) is 0 Å². The minimum Gasteiger partial charge on any atom is -0.276 e. The molecule has 3 heterocycles. The van der Waals surface area contributed by atoms with E-state index in [2.05, 4.69) is 22.1 Å². The molecule has 5 rings (SSSR count). The average Bonchev–Trinajstić information content (AvgIpc) is 3.24. The van der Waals surface area contributed by atoms with Crippen LogP contribution in [0.3, 0.4) is 0 Å². The van der Waals surface area contributed by atoms with Gasteiger partial charge in [-0.3, -0.25) is 18.7 Å². The number of thioether (sulfide) groups is 1. The lowest BCUT2D eigenvalue weighted by Gasteiger charge is -2.11. The van der Waals surface area contributed by atoms with E-state index in [-0.39, 0.29) is 5.56 Å². The number of halogens is 1. The summed E-state index contributed by atoms with van der Waals surface area (Å²) in [6.07, 6.45) is 4.86. The van der Waals surface area contributed by atoms with E-state index in [0.717, 1.165) is 46.4 Å². The van der Waals surface area contributed by atoms with Crippen molar-refractivity contribution in [2.75, 3.05) is 0 Å². The van der Waals surface area contributed by atoms with Crippen LogP contribution in [-0.4, -0.2) is 24.1 Å². The van der Waals surface area contributed by atoms with Crippen LogP contribution < -0.4 is 5.56 Å². The smallest absolute Gasteiger partial charge is 0.262 e. The Morgan fingerprint density at radius 2 is 1.91 bits per heavy atom. The highest BCUT2D eigenvalue weighted by atomic mass is 35.5. The first-order valence-electron chi connectivity index (χ1n) is 10.7. The van der Waals surface area contributed by atoms with Crippen LogP contribution in [0.4, 0.5) is 0 Å². The van der Waals surface area contributed by atoms with E-state index in [4.69, 9.17) is 11.6 Å². The molecule has 0 aliphatic carbocycles. The number of hydrogen-bond acceptors (Lipinski definition) is 5. The Kier molecular flexibility index (Phi) is 5.85. The van der Waals surface area contributed by atoms with Gasteiger partial charge in [0.15, 0.2) is 5.16 Å². The molecule has 0 aliphatic rings. The highest BCUT2D eigenvalue weighted by molar-refractivity contribution is 7.98. The van der Waals surface area contributed by atoms with Gasteiger partial charge in [-0.05, 0) is 30.7 Å². The maximum Gasteiger partial charge on any atom is 0.262 e. The zero-order valence-electron chi connectivity index (χ0n) is 17.7. The Morgan fingerprint density at radius 3 is 2.78 bits per heavy atom. The van der Waals surface area contributed by atoms with E-state index in [1.165, 1.54) is 0 Å². The van der Waals surface area contributed by atoms with Gasteiger partial charge in [0.2, 0.25) is 5.78 Å². The van der Waals surface area contributed by atoms with E-state index in [1.54, 1.807) is 22.5 Å². The van der Waals surface area contributed by atoms with Crippen molar-refractivity contribution in [3.05, 3.63) is 75.7 Å². The number of pyridine rings is 1. The summed E-state index contributed by atoms with van der Waals surface area (Å²) in [5.41, 5.74) is 2.65. The molecule has 0 bridgehead atoms. The molecule has 0 fully saturated rings. The number of rotatable bonds is 7. The molecule has 2 aromatic carbocycles. The van der Waals surface area contributed by atoms with E-state index < -0.39 is 0 Å². The van der Waals surface area contributed by atoms with Crippen molar-refractivity contribution >= 4 is 50.9 Å². The Balaban J connectivity index is 1.60. The molecule has 0 unspecified atom stereocenters. The molecule has 0 radical (unpaired) electrons. The van der Waals surface area contributed by atoms with Gasteiger partial charge in [-0.25, -0.2) is 0 Å². The molecule has 0 amide bonds. The van der Waals surface area contributed by atoms with E-state index >= 15 is 0 Å². The first-order chi connectivity index (χ1) is 15.7. The van der Waals surface area contributed by atoms with Crippen LogP contribution in [-0.2, 0) is 12.3 Å². The summed E-state index contributed by atoms with van der Waals surface area (Å²) in [7, 11) is 0. The minimum absolute atomic E-state index is 0.0190. The summed E-state index contributed by atoms with van der Waals surface area (Å²) in [6.45, 7) is 2.78. The lowest BCUT2D eigenvalue weighted by molar-refractivity contribution is 0.594. The molecular weight excluding hydrogens is 442 g/mol. The molecule has 5 aromatic rings. The molecule has 32 heavy (non-hydrogen) atoms. The fourth-order valence-corrected chi connectivity index (χ4v) is 5.28. The van der Waals surface area contributed by atoms with E-state index in [1.807, 2.05) is 52.9 Å². The van der Waals surface area contributed by atoms with Crippen LogP contribution in [0.15, 0.2) is 64.7 Å². The second-order valence-electron chi connectivity index (χ2n) is 7.69. The van der Waals surface area contributed by atoms with Crippen LogP contribution in [0.5, 0.6) is 0 Å². The Hall–Kier alpha value is -2.90. The first kappa shape index (κ1) is 21.0. The first-order valence-corrected chi connectivity index (χ1v) is 12.1. The van der Waals surface area contributed by atoms with Crippen molar-refractivity contribution in [1.29, 1.82) is 0 Å². The van der Waals surface area contributed by atoms with E-state index in [9.17, 15) is 4.79 Å². The second kappa shape index (κ2) is 8.92. The number of aromatic nitrogens is 5. The summed E-state index contributed by atoms with van der Waals surface area (Å²) >= 11 is 8.08. The largest absolute Gasteiger partial charge is 0.276 e. The predicted octanol–water partition coefficient (Wildman–Crippen LogP) is 5.73. The van der Waals surface area contributed by atoms with Crippen molar-refractivity contribution in [1.82, 2.24) is 24.1 Å². The Labute approximate surface area is 194 Å². The standard InChI is InChI=1S/C24H22ClN5OS/c1-2-3-6-14-29-22(31)17-9-4-5-10-20(17)30-23(29)27-28-24(30)32-15-18-19(25)12-11-16-8-7-13-26-21(16)18/h4-5,7-13H,2-3,6,14-15H2,1H3. The van der Waals surface area contributed by atoms with Crippen LogP contribution in [0.25, 0.3) is 27.6 Å². The number of hydrogen-bond donors (Lipinski definition) is 0. The normalized spacial score (nSPS) is 11.7. The third-order valence-corrected chi connectivity index (χ3v) is 6.94. The molecule has 0 saturated heterocycles. The molecular formula is C24H22ClN5OS. The monoisotopic (exact) mass is 463 g/mol. The van der Waals surface area contributed by atoms with Crippen molar-refractivity contribution < 1.29 is 0 Å². The molecule has 0 atom stereocenters. The molecule has 0 N–H and O–H groups in total. The average molecular weight is 464 g/mol. The van der Waals surface area contributed by atoms with Gasteiger partial charge in [-0.1, -0.05) is 67.4 Å². The van der Waals surface area contributed by atoms with Crippen molar-refractivity contribution in [2.45, 2.75) is 43.6 Å². The number of aryl methyl sites for hydroxylation is 1. The Bertz CT molecular complexity index is 1490. The third-order valence-electron chi connectivity index (χ3n) is 5.63. The topological polar surface area (TPSA) is 65.1 Å². The lowest BCUT2D eigenvalue weighted by Crippen LogP contribution is -2.23. The maximum atomic E-state index is 13.2. The van der Waals surface area contributed by atoms with Gasteiger partial charge >= 0.3 is 0 Å². The summed E-state index contributed by atoms with van der Waals surface area (Å²) < 4.78 is 3.74. The van der Waals surface area contributed by atoms with Crippen molar-refractivity contribution in [3.8, 4) is 0 Å². The lowest BCUT2D eigenvalue weighted by atomic mass is 10.1. The van der Waals surface area contributed by atoms with Gasteiger partial charge < -0.3 is 0 Å². The van der Waals surface area contributed by atoms with Crippen LogP contribution in [0.2, 0.25) is 5.02 Å². The van der Waals surface area contributed by atoms with Crippen LogP contribution >= 0.6 is 23.4 Å². The van der Waals surface area contributed by atoms with Gasteiger partial charge in [0.1, 0.15) is 0 Å². The zero-order chi connectivity index (χ0) is 22.1. The van der Waals surface area contributed by atoms with Gasteiger partial charge in [0.05, 0.1) is 16.4 Å². The molecule has 0 spiro atoms. The maximum absolute atomic E-state index is 13.2. The van der Waals surface area contributed by atoms with Gasteiger partial charge in [-0.2, -0.15) is 0 Å². The summed E-state index contributed by atoms with van der Waals surface area (Å²) in [5, 5.41) is 12.0. The van der Waals surface area contributed by atoms with E-state index in [0.29, 0.717) is 28.5 Å². The summed E-state index contributed by atoms with van der Waals surface area (Å²) in [6, 6.07) is 15.5. The second-order valence-corrected chi connectivity index (χ2v) is 9.04. The van der Waals surface area contributed by atoms with Gasteiger partial charge in [0, 0.05) is 34.5 Å². The van der Waals surface area contributed by atoms with Crippen molar-refractivity contribution in [3.63, 3.8) is 0 Å². The number of benzene rings is 2. The highest BCUT2D eigenvalue weighted by Crippen LogP contribution is 2.31. The SMILES string of the molecule is CCCCCn1c(=O)c2ccccc2n2c(SCc3c(Cl)ccc4cccnc34)nnc12. The van der Waals surface area contributed by atoms with Gasteiger partial charge in [0.25, 0.3) is 5.56 Å². The molecule has 162 valence electrons. The fourth-order valence-electron chi connectivity index (χ4n) is 4.00. The third kappa shape index (κ3) is 3.65. The highest BCUT2D eigenvalue weighted by Gasteiger charge is 2.17. The number of para-hydroxylation sites is 1. The minimum atomic E-state index is -0.0190. The fraction of sp³-hybridized carbons (Fsp3) is 0.250. The number of nitrogens with zero attached hydrogens (tertiary/aromatic N) is 5. The molecule has 3 aromatic heterocycles. The summed E-state index contributed by atoms with van der Waals surface area (Å²) in [5.74, 6) is 1.17. The van der Waals surface area contributed by atoms with Crippen LogP contribution in [0.1, 0.15) is 31.7 Å². The molecule has 0 aliphatic heterocycles. The predicted molar refractivity (Wildman–Crippen MR) is 131 cm³/mol. The number of fused-ring (bicyclic) bond motifs is 4. The quantitative estimate of drug-likeness (QED) is 0.228. The zero-order valence-corrected chi connectivity index (χ0v) is 19.2. The van der Waals surface area contributed by atoms with Gasteiger partial charge in [-0.15, -0.1) is 10.2 Å².